The fourth-order valence-corrected chi connectivity index (χ4v) is 2.40. The van der Waals surface area contributed by atoms with Crippen molar-refractivity contribution in [1.29, 1.82) is 0 Å². The molecule has 3 nitrogen and oxygen atoms in total. The van der Waals surface area contributed by atoms with Crippen molar-refractivity contribution in [3.05, 3.63) is 62.9 Å². The molecule has 0 aliphatic rings. The van der Waals surface area contributed by atoms with Crippen LogP contribution in [0.25, 0.3) is 22.3 Å². The number of fused-ring (bicyclic) bond motifs is 1. The Labute approximate surface area is 121 Å². The van der Waals surface area contributed by atoms with Crippen molar-refractivity contribution in [2.45, 2.75) is 13.8 Å². The van der Waals surface area contributed by atoms with Crippen molar-refractivity contribution in [3.8, 4) is 11.4 Å². The second kappa shape index (κ2) is 4.76. The first-order valence-electron chi connectivity index (χ1n) is 6.32. The normalized spacial score (nSPS) is 10.9. The summed E-state index contributed by atoms with van der Waals surface area (Å²) in [5.74, 6) is 0.548. The summed E-state index contributed by atoms with van der Waals surface area (Å²) < 4.78 is 0. The zero-order valence-electron chi connectivity index (χ0n) is 11.2. The first-order valence-corrected chi connectivity index (χ1v) is 6.69. The van der Waals surface area contributed by atoms with Gasteiger partial charge in [-0.1, -0.05) is 29.3 Å². The molecule has 1 N–H and O–H groups in total. The Morgan fingerprint density at radius 3 is 2.70 bits per heavy atom. The molecule has 0 atom stereocenters. The number of aryl methyl sites for hydroxylation is 2. The van der Waals surface area contributed by atoms with Gasteiger partial charge < -0.3 is 4.98 Å². The van der Waals surface area contributed by atoms with Crippen LogP contribution in [0.3, 0.4) is 0 Å². The molecule has 0 aliphatic carbocycles. The maximum Gasteiger partial charge on any atom is 0.259 e. The van der Waals surface area contributed by atoms with Crippen LogP contribution in [0.4, 0.5) is 0 Å². The molecule has 2 aromatic carbocycles. The Kier molecular flexibility index (Phi) is 3.07. The van der Waals surface area contributed by atoms with Crippen molar-refractivity contribution >= 4 is 22.5 Å². The Morgan fingerprint density at radius 2 is 1.90 bits per heavy atom. The van der Waals surface area contributed by atoms with E-state index in [0.29, 0.717) is 21.7 Å². The number of hydrogen-bond donors (Lipinski definition) is 1. The lowest BCUT2D eigenvalue weighted by atomic mass is 10.1. The van der Waals surface area contributed by atoms with Gasteiger partial charge in [0.2, 0.25) is 0 Å². The third kappa shape index (κ3) is 2.21. The lowest BCUT2D eigenvalue weighted by Gasteiger charge is -2.07. The summed E-state index contributed by atoms with van der Waals surface area (Å²) in [6, 6.07) is 11.2. The average Bonchev–Trinajstić information content (AvgIpc) is 2.42. The fourth-order valence-electron chi connectivity index (χ4n) is 2.23. The van der Waals surface area contributed by atoms with Gasteiger partial charge in [0.25, 0.3) is 5.56 Å². The number of nitrogens with zero attached hydrogens (tertiary/aromatic N) is 1. The number of rotatable bonds is 1. The number of H-pyrrole nitrogens is 1. The molecule has 0 spiro atoms. The molecule has 3 rings (SSSR count). The molecule has 0 saturated heterocycles. The largest absolute Gasteiger partial charge is 0.306 e. The lowest BCUT2D eigenvalue weighted by molar-refractivity contribution is 1.17. The van der Waals surface area contributed by atoms with Gasteiger partial charge in [0, 0.05) is 10.6 Å². The first kappa shape index (κ1) is 12.9. The monoisotopic (exact) mass is 284 g/mol. The molecule has 0 unspecified atom stereocenters. The molecule has 0 fully saturated rings. The number of halogens is 1. The summed E-state index contributed by atoms with van der Waals surface area (Å²) in [5.41, 5.74) is 3.46. The van der Waals surface area contributed by atoms with Crippen molar-refractivity contribution in [2.24, 2.45) is 0 Å². The number of aromatic amines is 1. The molecular formula is C16H13ClN2O. The first-order chi connectivity index (χ1) is 9.54. The number of nitrogens with one attached hydrogen (secondary N) is 1. The predicted octanol–water partition coefficient (Wildman–Crippen LogP) is 3.86. The van der Waals surface area contributed by atoms with Gasteiger partial charge in [-0.3, -0.25) is 4.79 Å². The van der Waals surface area contributed by atoms with Crippen molar-refractivity contribution < 1.29 is 0 Å². The smallest absolute Gasteiger partial charge is 0.259 e. The molecule has 1 heterocycles. The second-order valence-corrected chi connectivity index (χ2v) is 5.33. The summed E-state index contributed by atoms with van der Waals surface area (Å²) in [5, 5.41) is 1.23. The molecule has 20 heavy (non-hydrogen) atoms. The predicted molar refractivity (Wildman–Crippen MR) is 82.3 cm³/mol. The van der Waals surface area contributed by atoms with E-state index in [-0.39, 0.29) is 5.56 Å². The third-order valence-corrected chi connectivity index (χ3v) is 3.55. The number of aromatic nitrogens is 2. The summed E-state index contributed by atoms with van der Waals surface area (Å²) >= 11 is 6.03. The lowest BCUT2D eigenvalue weighted by Crippen LogP contribution is -2.10. The molecule has 1 aromatic heterocycles. The number of hydrogen-bond acceptors (Lipinski definition) is 2. The maximum atomic E-state index is 12.2. The van der Waals surface area contributed by atoms with Crippen LogP contribution in [-0.4, -0.2) is 9.97 Å². The van der Waals surface area contributed by atoms with E-state index in [0.717, 1.165) is 16.7 Å². The topological polar surface area (TPSA) is 45.8 Å². The summed E-state index contributed by atoms with van der Waals surface area (Å²) in [7, 11) is 0. The Hall–Kier alpha value is -2.13. The quantitative estimate of drug-likeness (QED) is 0.737. The standard InChI is InChI=1S/C16H13ClN2O/c1-9-3-6-14-13(7-9)16(20)19-15(18-14)12-8-11(17)5-4-10(12)2/h3-8H,1-2H3,(H,18,19,20). The van der Waals surface area contributed by atoms with E-state index in [1.54, 1.807) is 0 Å². The third-order valence-electron chi connectivity index (χ3n) is 3.32. The molecule has 0 saturated carbocycles. The Morgan fingerprint density at radius 1 is 1.10 bits per heavy atom. The van der Waals surface area contributed by atoms with Crippen molar-refractivity contribution in [2.75, 3.05) is 0 Å². The maximum absolute atomic E-state index is 12.2. The molecule has 4 heteroatoms. The summed E-state index contributed by atoms with van der Waals surface area (Å²) in [6.45, 7) is 3.92. The van der Waals surface area contributed by atoms with E-state index < -0.39 is 0 Å². The van der Waals surface area contributed by atoms with E-state index >= 15 is 0 Å². The molecular weight excluding hydrogens is 272 g/mol. The fraction of sp³-hybridized carbons (Fsp3) is 0.125. The van der Waals surface area contributed by atoms with Gasteiger partial charge in [0.1, 0.15) is 5.82 Å². The van der Waals surface area contributed by atoms with E-state index in [4.69, 9.17) is 11.6 Å². The average molecular weight is 285 g/mol. The van der Waals surface area contributed by atoms with Crippen molar-refractivity contribution in [3.63, 3.8) is 0 Å². The zero-order valence-corrected chi connectivity index (χ0v) is 12.0. The van der Waals surface area contributed by atoms with Crippen LogP contribution in [0.2, 0.25) is 5.02 Å². The molecule has 0 radical (unpaired) electrons. The number of benzene rings is 2. The van der Waals surface area contributed by atoms with E-state index in [1.807, 2.05) is 50.2 Å². The van der Waals surface area contributed by atoms with Crippen LogP contribution in [0.15, 0.2) is 41.2 Å². The van der Waals surface area contributed by atoms with Gasteiger partial charge in [-0.05, 0) is 43.7 Å². The van der Waals surface area contributed by atoms with Gasteiger partial charge in [0.15, 0.2) is 0 Å². The summed E-state index contributed by atoms with van der Waals surface area (Å²) in [4.78, 5) is 19.6. The van der Waals surface area contributed by atoms with E-state index in [1.165, 1.54) is 0 Å². The minimum Gasteiger partial charge on any atom is -0.306 e. The van der Waals surface area contributed by atoms with Gasteiger partial charge in [0.05, 0.1) is 10.9 Å². The van der Waals surface area contributed by atoms with Gasteiger partial charge in [-0.2, -0.15) is 0 Å². The highest BCUT2D eigenvalue weighted by atomic mass is 35.5. The molecule has 100 valence electrons. The SMILES string of the molecule is Cc1ccc2nc(-c3cc(Cl)ccc3C)[nH]c(=O)c2c1. The van der Waals surface area contributed by atoms with E-state index in [2.05, 4.69) is 9.97 Å². The van der Waals surface area contributed by atoms with Gasteiger partial charge in [-0.15, -0.1) is 0 Å². The van der Waals surface area contributed by atoms with Crippen LogP contribution >= 0.6 is 11.6 Å². The van der Waals surface area contributed by atoms with Crippen molar-refractivity contribution in [1.82, 2.24) is 9.97 Å². The second-order valence-electron chi connectivity index (χ2n) is 4.89. The van der Waals surface area contributed by atoms with Gasteiger partial charge >= 0.3 is 0 Å². The molecule has 0 amide bonds. The summed E-state index contributed by atoms with van der Waals surface area (Å²) in [6.07, 6.45) is 0. The Bertz CT molecular complexity index is 868. The van der Waals surface area contributed by atoms with Crippen LogP contribution in [-0.2, 0) is 0 Å². The molecule has 3 aromatic rings. The van der Waals surface area contributed by atoms with Crippen LogP contribution in [0.1, 0.15) is 11.1 Å². The highest BCUT2D eigenvalue weighted by Gasteiger charge is 2.09. The highest BCUT2D eigenvalue weighted by Crippen LogP contribution is 2.24. The van der Waals surface area contributed by atoms with Crippen LogP contribution in [0.5, 0.6) is 0 Å². The Balaban J connectivity index is 2.30. The zero-order chi connectivity index (χ0) is 14.3. The molecule has 0 bridgehead atoms. The minimum absolute atomic E-state index is 0.131. The van der Waals surface area contributed by atoms with Crippen LogP contribution < -0.4 is 5.56 Å². The van der Waals surface area contributed by atoms with Gasteiger partial charge in [-0.25, -0.2) is 4.98 Å². The highest BCUT2D eigenvalue weighted by molar-refractivity contribution is 6.30. The minimum atomic E-state index is -0.131. The molecule has 0 aliphatic heterocycles. The van der Waals surface area contributed by atoms with Crippen LogP contribution in [0, 0.1) is 13.8 Å². The van der Waals surface area contributed by atoms with E-state index in [9.17, 15) is 4.79 Å².